The van der Waals surface area contributed by atoms with Crippen LogP contribution in [0.25, 0.3) is 0 Å². The molecule has 0 aliphatic heterocycles. The van der Waals surface area contributed by atoms with Crippen LogP contribution in [0.5, 0.6) is 0 Å². The minimum atomic E-state index is -0.0897. The minimum absolute atomic E-state index is 0.0897. The number of hydrogen-bond acceptors (Lipinski definition) is 3. The summed E-state index contributed by atoms with van der Waals surface area (Å²) in [6.07, 6.45) is 6.38. The lowest BCUT2D eigenvalue weighted by atomic mass is 9.96. The molecule has 1 unspecified atom stereocenters. The fraction of sp³-hybridized carbons (Fsp3) is 1.00. The third kappa shape index (κ3) is 5.84. The normalized spacial score (nSPS) is 19.6. The van der Waals surface area contributed by atoms with Gasteiger partial charge in [-0.1, -0.05) is 13.3 Å². The predicted octanol–water partition coefficient (Wildman–Crippen LogP) is 1.86. The summed E-state index contributed by atoms with van der Waals surface area (Å²) in [6, 6.07) is 0. The van der Waals surface area contributed by atoms with Crippen molar-refractivity contribution in [1.29, 1.82) is 0 Å². The van der Waals surface area contributed by atoms with Gasteiger partial charge in [0.1, 0.15) is 0 Å². The molecule has 0 amide bonds. The quantitative estimate of drug-likeness (QED) is 0.574. The van der Waals surface area contributed by atoms with Crippen molar-refractivity contribution < 1.29 is 5.11 Å². The molecule has 0 spiro atoms. The molecule has 0 aromatic rings. The third-order valence-electron chi connectivity index (χ3n) is 4.07. The Morgan fingerprint density at radius 3 is 2.53 bits per heavy atom. The molecule has 0 heterocycles. The van der Waals surface area contributed by atoms with Gasteiger partial charge in [0.15, 0.2) is 0 Å². The molecule has 3 heteroatoms. The fourth-order valence-corrected chi connectivity index (χ4v) is 2.18. The van der Waals surface area contributed by atoms with Gasteiger partial charge in [0, 0.05) is 12.1 Å². The van der Waals surface area contributed by atoms with Crippen LogP contribution in [0.1, 0.15) is 46.0 Å². The van der Waals surface area contributed by atoms with Gasteiger partial charge in [0.2, 0.25) is 0 Å². The maximum atomic E-state index is 9.29. The smallest absolute Gasteiger partial charge is 0.0610 e. The molecule has 2 N–H and O–H groups in total. The third-order valence-corrected chi connectivity index (χ3v) is 4.07. The number of rotatable bonds is 10. The van der Waals surface area contributed by atoms with Crippen molar-refractivity contribution >= 4 is 0 Å². The Kier molecular flexibility index (Phi) is 6.45. The molecule has 0 bridgehead atoms. The van der Waals surface area contributed by atoms with Gasteiger partial charge in [-0.15, -0.1) is 0 Å². The molecule has 1 rings (SSSR count). The van der Waals surface area contributed by atoms with Crippen molar-refractivity contribution in [3.63, 3.8) is 0 Å². The van der Waals surface area contributed by atoms with E-state index in [1.54, 1.807) is 0 Å². The molecule has 102 valence electrons. The zero-order chi connectivity index (χ0) is 12.7. The van der Waals surface area contributed by atoms with Crippen LogP contribution in [0.15, 0.2) is 0 Å². The number of unbranched alkanes of at least 4 members (excludes halogenated alkanes) is 1. The summed E-state index contributed by atoms with van der Waals surface area (Å²) in [5.41, 5.74) is -0.0897. The standard InChI is InChI=1S/C14H30N2O/c1-4-16(11-13-7-8-13)10-6-5-9-14(2,12-17)15-3/h13,15,17H,4-12H2,1-3H3. The molecule has 0 aromatic heterocycles. The van der Waals surface area contributed by atoms with E-state index < -0.39 is 0 Å². The van der Waals surface area contributed by atoms with Crippen LogP contribution in [-0.2, 0) is 0 Å². The number of aliphatic hydroxyl groups excluding tert-OH is 1. The molecule has 1 aliphatic rings. The Labute approximate surface area is 107 Å². The monoisotopic (exact) mass is 242 g/mol. The SMILES string of the molecule is CCN(CCCCC(C)(CO)NC)CC1CC1. The Balaban J connectivity index is 2.08. The number of nitrogens with one attached hydrogen (secondary N) is 1. The van der Waals surface area contributed by atoms with E-state index in [0.717, 1.165) is 12.3 Å². The largest absolute Gasteiger partial charge is 0.394 e. The van der Waals surface area contributed by atoms with Crippen LogP contribution < -0.4 is 5.32 Å². The first kappa shape index (κ1) is 14.9. The second-order valence-corrected chi connectivity index (χ2v) is 5.76. The van der Waals surface area contributed by atoms with Crippen LogP contribution in [0.2, 0.25) is 0 Å². The lowest BCUT2D eigenvalue weighted by molar-refractivity contribution is 0.168. The summed E-state index contributed by atoms with van der Waals surface area (Å²) in [5, 5.41) is 12.5. The first-order valence-corrected chi connectivity index (χ1v) is 7.15. The highest BCUT2D eigenvalue weighted by molar-refractivity contribution is 4.81. The molecular formula is C14H30N2O. The van der Waals surface area contributed by atoms with Crippen LogP contribution in [-0.4, -0.2) is 48.8 Å². The molecule has 1 saturated carbocycles. The number of aliphatic hydroxyl groups is 1. The second kappa shape index (κ2) is 7.34. The molecule has 0 saturated heterocycles. The van der Waals surface area contributed by atoms with Crippen LogP contribution in [0.4, 0.5) is 0 Å². The van der Waals surface area contributed by atoms with E-state index in [-0.39, 0.29) is 12.1 Å². The molecule has 1 atom stereocenters. The average molecular weight is 242 g/mol. The Bertz CT molecular complexity index is 200. The highest BCUT2D eigenvalue weighted by Crippen LogP contribution is 2.29. The van der Waals surface area contributed by atoms with E-state index in [4.69, 9.17) is 0 Å². The van der Waals surface area contributed by atoms with Crippen molar-refractivity contribution in [2.45, 2.75) is 51.5 Å². The summed E-state index contributed by atoms with van der Waals surface area (Å²) in [5.74, 6) is 0.995. The summed E-state index contributed by atoms with van der Waals surface area (Å²) in [7, 11) is 1.93. The Morgan fingerprint density at radius 2 is 2.06 bits per heavy atom. The van der Waals surface area contributed by atoms with Crippen molar-refractivity contribution in [2.24, 2.45) is 5.92 Å². The number of hydrogen-bond donors (Lipinski definition) is 2. The number of likely N-dealkylation sites (N-methyl/N-ethyl adjacent to an activating group) is 1. The van der Waals surface area contributed by atoms with Gasteiger partial charge in [0.05, 0.1) is 6.61 Å². The first-order valence-electron chi connectivity index (χ1n) is 7.15. The van der Waals surface area contributed by atoms with E-state index in [0.29, 0.717) is 0 Å². The van der Waals surface area contributed by atoms with E-state index in [1.807, 2.05) is 7.05 Å². The van der Waals surface area contributed by atoms with Gasteiger partial charge in [0.25, 0.3) is 0 Å². The zero-order valence-corrected chi connectivity index (χ0v) is 11.8. The Hall–Kier alpha value is -0.120. The van der Waals surface area contributed by atoms with Crippen molar-refractivity contribution in [2.75, 3.05) is 33.3 Å². The fourth-order valence-electron chi connectivity index (χ4n) is 2.18. The van der Waals surface area contributed by atoms with E-state index >= 15 is 0 Å². The summed E-state index contributed by atoms with van der Waals surface area (Å²) in [6.45, 7) is 8.28. The summed E-state index contributed by atoms with van der Waals surface area (Å²) in [4.78, 5) is 2.58. The molecular weight excluding hydrogens is 212 g/mol. The topological polar surface area (TPSA) is 35.5 Å². The van der Waals surface area contributed by atoms with Crippen LogP contribution >= 0.6 is 0 Å². The predicted molar refractivity (Wildman–Crippen MR) is 73.2 cm³/mol. The van der Waals surface area contributed by atoms with E-state index in [2.05, 4.69) is 24.1 Å². The van der Waals surface area contributed by atoms with Crippen molar-refractivity contribution in [3.8, 4) is 0 Å². The van der Waals surface area contributed by atoms with Gasteiger partial charge < -0.3 is 15.3 Å². The average Bonchev–Trinajstić information content (AvgIpc) is 3.16. The van der Waals surface area contributed by atoms with Crippen LogP contribution in [0.3, 0.4) is 0 Å². The zero-order valence-electron chi connectivity index (χ0n) is 11.8. The summed E-state index contributed by atoms with van der Waals surface area (Å²) < 4.78 is 0. The minimum Gasteiger partial charge on any atom is -0.394 e. The van der Waals surface area contributed by atoms with Gasteiger partial charge in [-0.2, -0.15) is 0 Å². The molecule has 3 nitrogen and oxygen atoms in total. The molecule has 0 aromatic carbocycles. The lowest BCUT2D eigenvalue weighted by Gasteiger charge is -2.27. The first-order chi connectivity index (χ1) is 8.13. The molecule has 1 fully saturated rings. The van der Waals surface area contributed by atoms with Gasteiger partial charge in [-0.3, -0.25) is 0 Å². The summed E-state index contributed by atoms with van der Waals surface area (Å²) >= 11 is 0. The van der Waals surface area contributed by atoms with Crippen molar-refractivity contribution in [3.05, 3.63) is 0 Å². The van der Waals surface area contributed by atoms with Crippen LogP contribution in [0, 0.1) is 5.92 Å². The molecule has 17 heavy (non-hydrogen) atoms. The maximum absolute atomic E-state index is 9.29. The number of nitrogens with zero attached hydrogens (tertiary/aromatic N) is 1. The highest BCUT2D eigenvalue weighted by Gasteiger charge is 2.23. The van der Waals surface area contributed by atoms with Gasteiger partial charge in [-0.05, 0) is 58.7 Å². The van der Waals surface area contributed by atoms with E-state index in [9.17, 15) is 5.11 Å². The van der Waals surface area contributed by atoms with Gasteiger partial charge >= 0.3 is 0 Å². The lowest BCUT2D eigenvalue weighted by Crippen LogP contribution is -2.43. The molecule has 1 aliphatic carbocycles. The molecule has 0 radical (unpaired) electrons. The van der Waals surface area contributed by atoms with E-state index in [1.165, 1.54) is 45.3 Å². The second-order valence-electron chi connectivity index (χ2n) is 5.76. The van der Waals surface area contributed by atoms with Gasteiger partial charge in [-0.25, -0.2) is 0 Å². The Morgan fingerprint density at radius 1 is 1.35 bits per heavy atom. The highest BCUT2D eigenvalue weighted by atomic mass is 16.3. The van der Waals surface area contributed by atoms with Crippen molar-refractivity contribution in [1.82, 2.24) is 10.2 Å². The maximum Gasteiger partial charge on any atom is 0.0610 e.